The van der Waals surface area contributed by atoms with Gasteiger partial charge in [0.25, 0.3) is 0 Å². The van der Waals surface area contributed by atoms with Crippen molar-refractivity contribution in [3.63, 3.8) is 0 Å². The first-order valence-corrected chi connectivity index (χ1v) is 7.52. The highest BCUT2D eigenvalue weighted by Gasteiger charge is 2.36. The minimum Gasteiger partial charge on any atom is -0.271 e. The van der Waals surface area contributed by atoms with Gasteiger partial charge in [-0.2, -0.15) is 13.2 Å². The van der Waals surface area contributed by atoms with Crippen LogP contribution in [0.25, 0.3) is 0 Å². The normalized spacial score (nSPS) is 16.6. The highest BCUT2D eigenvalue weighted by atomic mass is 32.2. The van der Waals surface area contributed by atoms with Crippen LogP contribution in [0.3, 0.4) is 0 Å². The molecule has 0 bridgehead atoms. The number of nitrogens with one attached hydrogen (secondary N) is 1. The molecule has 3 N–H and O–H groups in total. The van der Waals surface area contributed by atoms with Crippen LogP contribution in [0.5, 0.6) is 0 Å². The summed E-state index contributed by atoms with van der Waals surface area (Å²) in [5.41, 5.74) is 2.21. The Kier molecular flexibility index (Phi) is 4.36. The molecule has 0 radical (unpaired) electrons. The summed E-state index contributed by atoms with van der Waals surface area (Å²) >= 11 is 0.374. The van der Waals surface area contributed by atoms with E-state index in [1.165, 1.54) is 6.92 Å². The molecule has 0 saturated carbocycles. The quantitative estimate of drug-likeness (QED) is 0.642. The molecular weight excluding hydrogens is 291 g/mol. The molecule has 0 saturated heterocycles. The van der Waals surface area contributed by atoms with Gasteiger partial charge >= 0.3 is 6.18 Å². The predicted octanol–water partition coefficient (Wildman–Crippen LogP) is 1.10. The maximum absolute atomic E-state index is 12.4. The van der Waals surface area contributed by atoms with Gasteiger partial charge in [-0.15, -0.1) is 11.3 Å². The third-order valence-corrected chi connectivity index (χ3v) is 5.15. The molecular formula is C8H12F3N3O2S2. The van der Waals surface area contributed by atoms with Gasteiger partial charge in [0.15, 0.2) is 14.8 Å². The number of thiazole rings is 1. The predicted molar refractivity (Wildman–Crippen MR) is 61.5 cm³/mol. The Balaban J connectivity index is 3.08. The average Bonchev–Trinajstić information content (AvgIpc) is 2.66. The zero-order valence-electron chi connectivity index (χ0n) is 9.52. The third kappa shape index (κ3) is 3.40. The van der Waals surface area contributed by atoms with Crippen molar-refractivity contribution in [1.29, 1.82) is 0 Å². The summed E-state index contributed by atoms with van der Waals surface area (Å²) in [5.74, 6) is 5.20. The number of nitrogens with zero attached hydrogens (tertiary/aromatic N) is 1. The van der Waals surface area contributed by atoms with E-state index in [2.05, 4.69) is 10.4 Å². The summed E-state index contributed by atoms with van der Waals surface area (Å²) in [5, 5.41) is -1.98. The van der Waals surface area contributed by atoms with Gasteiger partial charge in [-0.3, -0.25) is 11.3 Å². The molecule has 2 unspecified atom stereocenters. The molecule has 1 heterocycles. The number of aromatic nitrogens is 1. The Morgan fingerprint density at radius 3 is 2.39 bits per heavy atom. The number of hydrazine groups is 1. The molecule has 1 aromatic heterocycles. The third-order valence-electron chi connectivity index (χ3n) is 2.40. The Bertz CT molecular complexity index is 512. The molecule has 0 amide bonds. The first-order valence-electron chi connectivity index (χ1n) is 4.75. The highest BCUT2D eigenvalue weighted by molar-refractivity contribution is 7.91. The van der Waals surface area contributed by atoms with E-state index in [1.807, 2.05) is 0 Å². The van der Waals surface area contributed by atoms with Crippen LogP contribution in [0.2, 0.25) is 0 Å². The summed E-state index contributed by atoms with van der Waals surface area (Å²) in [6, 6.07) is -0.923. The summed E-state index contributed by atoms with van der Waals surface area (Å²) in [7, 11) is -3.43. The van der Waals surface area contributed by atoms with Crippen molar-refractivity contribution in [2.75, 3.05) is 6.26 Å². The van der Waals surface area contributed by atoms with Crippen LogP contribution in [0.15, 0.2) is 6.20 Å². The summed E-state index contributed by atoms with van der Waals surface area (Å²) in [6.07, 6.45) is -2.57. The standard InChI is InChI=1S/C8H12F3N3O2S2/c1-4(18(2,15)16)6(14-12)5-3-13-7(17-5)8(9,10)11/h3-4,6,14H,12H2,1-2H3. The maximum atomic E-state index is 12.4. The van der Waals surface area contributed by atoms with Gasteiger partial charge < -0.3 is 0 Å². The van der Waals surface area contributed by atoms with Crippen molar-refractivity contribution in [2.24, 2.45) is 5.84 Å². The van der Waals surface area contributed by atoms with Crippen LogP contribution in [0, 0.1) is 0 Å². The number of halogens is 3. The lowest BCUT2D eigenvalue weighted by Gasteiger charge is -2.19. The Morgan fingerprint density at radius 2 is 2.06 bits per heavy atom. The van der Waals surface area contributed by atoms with Gasteiger partial charge in [0.1, 0.15) is 0 Å². The van der Waals surface area contributed by atoms with E-state index in [1.54, 1.807) is 0 Å². The lowest BCUT2D eigenvalue weighted by molar-refractivity contribution is -0.137. The van der Waals surface area contributed by atoms with Gasteiger partial charge in [0.2, 0.25) is 0 Å². The van der Waals surface area contributed by atoms with Crippen molar-refractivity contribution in [3.05, 3.63) is 16.1 Å². The van der Waals surface area contributed by atoms with E-state index >= 15 is 0 Å². The fraction of sp³-hybridized carbons (Fsp3) is 0.625. The van der Waals surface area contributed by atoms with Crippen molar-refractivity contribution >= 4 is 21.2 Å². The monoisotopic (exact) mass is 303 g/mol. The largest absolute Gasteiger partial charge is 0.443 e. The Morgan fingerprint density at radius 1 is 1.50 bits per heavy atom. The van der Waals surface area contributed by atoms with Gasteiger partial charge in [0.05, 0.1) is 11.3 Å². The minimum atomic E-state index is -4.55. The lowest BCUT2D eigenvalue weighted by atomic mass is 10.2. The zero-order chi connectivity index (χ0) is 14.1. The maximum Gasteiger partial charge on any atom is 0.443 e. The second-order valence-electron chi connectivity index (χ2n) is 3.74. The number of alkyl halides is 3. The van der Waals surface area contributed by atoms with Crippen molar-refractivity contribution in [2.45, 2.75) is 24.4 Å². The van der Waals surface area contributed by atoms with Gasteiger partial charge in [-0.25, -0.2) is 13.4 Å². The van der Waals surface area contributed by atoms with Crippen LogP contribution in [0.1, 0.15) is 22.9 Å². The molecule has 0 spiro atoms. The number of nitrogens with two attached hydrogens (primary N) is 1. The summed E-state index contributed by atoms with van der Waals surface area (Å²) < 4.78 is 59.9. The molecule has 10 heteroatoms. The number of rotatable bonds is 4. The van der Waals surface area contributed by atoms with Crippen molar-refractivity contribution in [1.82, 2.24) is 10.4 Å². The smallest absolute Gasteiger partial charge is 0.271 e. The zero-order valence-corrected chi connectivity index (χ0v) is 11.2. The fourth-order valence-electron chi connectivity index (χ4n) is 1.26. The van der Waals surface area contributed by atoms with Crippen molar-refractivity contribution < 1.29 is 21.6 Å². The van der Waals surface area contributed by atoms with Gasteiger partial charge in [-0.05, 0) is 6.92 Å². The van der Waals surface area contributed by atoms with Crippen LogP contribution < -0.4 is 11.3 Å². The SMILES string of the molecule is CC(C(NN)c1cnc(C(F)(F)F)s1)S(C)(=O)=O. The van der Waals surface area contributed by atoms with Crippen LogP contribution in [0.4, 0.5) is 13.2 Å². The molecule has 0 aliphatic heterocycles. The van der Waals surface area contributed by atoms with Crippen LogP contribution in [-0.2, 0) is 16.0 Å². The molecule has 104 valence electrons. The molecule has 1 rings (SSSR count). The average molecular weight is 303 g/mol. The fourth-order valence-corrected chi connectivity index (χ4v) is 3.01. The Labute approximate surface area is 106 Å². The first kappa shape index (κ1) is 15.3. The van der Waals surface area contributed by atoms with Crippen LogP contribution >= 0.6 is 11.3 Å². The van der Waals surface area contributed by atoms with E-state index in [9.17, 15) is 21.6 Å². The second kappa shape index (κ2) is 5.11. The molecule has 2 atom stereocenters. The van der Waals surface area contributed by atoms with E-state index in [0.717, 1.165) is 12.5 Å². The van der Waals surface area contributed by atoms with E-state index in [-0.39, 0.29) is 4.88 Å². The van der Waals surface area contributed by atoms with E-state index in [0.29, 0.717) is 11.3 Å². The molecule has 0 fully saturated rings. The number of sulfone groups is 1. The summed E-state index contributed by atoms with van der Waals surface area (Å²) in [4.78, 5) is 3.35. The summed E-state index contributed by atoms with van der Waals surface area (Å²) in [6.45, 7) is 1.37. The molecule has 5 nitrogen and oxygen atoms in total. The molecule has 18 heavy (non-hydrogen) atoms. The van der Waals surface area contributed by atoms with Gasteiger partial charge in [-0.1, -0.05) is 0 Å². The first-order chi connectivity index (χ1) is 8.07. The van der Waals surface area contributed by atoms with Crippen molar-refractivity contribution in [3.8, 4) is 0 Å². The molecule has 0 aliphatic rings. The Hall–Kier alpha value is -0.710. The molecule has 0 aliphatic carbocycles. The second-order valence-corrected chi connectivity index (χ2v) is 7.21. The van der Waals surface area contributed by atoms with Crippen LogP contribution in [-0.4, -0.2) is 24.9 Å². The molecule has 1 aromatic rings. The number of hydrogen-bond donors (Lipinski definition) is 2. The molecule has 0 aromatic carbocycles. The number of hydrogen-bond acceptors (Lipinski definition) is 6. The lowest BCUT2D eigenvalue weighted by Crippen LogP contribution is -2.38. The highest BCUT2D eigenvalue weighted by Crippen LogP contribution is 2.35. The topological polar surface area (TPSA) is 85.1 Å². The van der Waals surface area contributed by atoms with E-state index < -0.39 is 32.3 Å². The van der Waals surface area contributed by atoms with Gasteiger partial charge in [0, 0.05) is 17.3 Å². The minimum absolute atomic E-state index is 0.128. The van der Waals surface area contributed by atoms with E-state index in [4.69, 9.17) is 5.84 Å².